The van der Waals surface area contributed by atoms with Crippen molar-refractivity contribution in [2.24, 2.45) is 0 Å². The quantitative estimate of drug-likeness (QED) is 0.0169. The van der Waals surface area contributed by atoms with Crippen LogP contribution in [0.1, 0.15) is 297 Å². The molecule has 0 heterocycles. The van der Waals surface area contributed by atoms with Crippen molar-refractivity contribution in [2.45, 2.75) is 316 Å². The number of phosphoric acid groups is 2. The minimum Gasteiger partial charge on any atom is -0.462 e. The Bertz CT molecular complexity index is 2590. The highest BCUT2D eigenvalue weighted by molar-refractivity contribution is 7.47. The number of unbranched alkanes of at least 4 members (excludes halogenated alkanes) is 22. The Morgan fingerprint density at radius 2 is 0.538 bits per heavy atom. The number of hydrogen-bond donors (Lipinski definition) is 3. The second kappa shape index (κ2) is 75.9. The fourth-order valence-corrected chi connectivity index (χ4v) is 11.6. The third kappa shape index (κ3) is 74.9. The molecule has 0 spiro atoms. The molecule has 0 aliphatic rings. The van der Waals surface area contributed by atoms with Gasteiger partial charge in [-0.2, -0.15) is 0 Å². The number of esters is 4. The Balaban J connectivity index is 5.48. The van der Waals surface area contributed by atoms with Gasteiger partial charge in [0.25, 0.3) is 0 Å². The molecule has 0 bridgehead atoms. The Morgan fingerprint density at radius 3 is 0.894 bits per heavy atom. The van der Waals surface area contributed by atoms with Crippen molar-refractivity contribution in [3.8, 4) is 0 Å². The molecule has 104 heavy (non-hydrogen) atoms. The molecule has 0 aromatic heterocycles. The monoisotopic (exact) mass is 1490 g/mol. The minimum absolute atomic E-state index is 0.0542. The lowest BCUT2D eigenvalue weighted by Gasteiger charge is -2.21. The number of aliphatic hydroxyl groups excluding tert-OH is 1. The summed E-state index contributed by atoms with van der Waals surface area (Å²) in [5.41, 5.74) is 0. The molecule has 3 N–H and O–H groups in total. The van der Waals surface area contributed by atoms with E-state index in [9.17, 15) is 43.2 Å². The zero-order chi connectivity index (χ0) is 76.0. The Labute approximate surface area is 629 Å². The average Bonchev–Trinajstić information content (AvgIpc) is 0.918. The van der Waals surface area contributed by atoms with Crippen LogP contribution in [-0.4, -0.2) is 96.7 Å². The standard InChI is InChI=1S/C85H140O17P2/c1-5-9-13-17-21-25-29-33-37-38-39-40-44-46-50-54-58-62-66-70-83(88)96-76-81(102-85(90)72-68-64-60-56-52-48-43-36-32-28-24-20-16-12-8-4)78-100-104(93,94)98-74-79(86)73-97-103(91,92)99-77-80(101-84(89)71-67-63-59-55-51-47-42-35-31-27-23-19-15-11-7-3)75-95-82(87)69-65-61-57-53-49-45-41-34-30-26-22-18-14-10-6-2/h9-10,13-14,21-23,25-27,33-37,39-43,46,49-50,53,61,65,79-81,86H,5-8,11-12,15-20,24,28-32,38,44-45,47-48,51-52,54-60,62-64,66-78H2,1-4H3,(H,91,92)(H,93,94)/b13-9-,14-10-,25-21-,26-22-,27-23-,37-33-,40-39-,41-34-,42-35-,43-36-,50-46-,53-49-,65-61-. The van der Waals surface area contributed by atoms with E-state index in [1.807, 2.05) is 18.2 Å². The minimum atomic E-state index is -5.01. The van der Waals surface area contributed by atoms with E-state index in [1.54, 1.807) is 6.08 Å². The summed E-state index contributed by atoms with van der Waals surface area (Å²) in [6, 6.07) is 0. The van der Waals surface area contributed by atoms with Crippen molar-refractivity contribution in [2.75, 3.05) is 39.6 Å². The summed E-state index contributed by atoms with van der Waals surface area (Å²) in [5.74, 6) is -2.39. The second-order valence-corrected chi connectivity index (χ2v) is 28.8. The lowest BCUT2D eigenvalue weighted by atomic mass is 10.1. The Morgan fingerprint density at radius 1 is 0.288 bits per heavy atom. The molecule has 0 rings (SSSR count). The van der Waals surface area contributed by atoms with Gasteiger partial charge in [-0.05, 0) is 154 Å². The second-order valence-electron chi connectivity index (χ2n) is 25.9. The number of carbonyl (C=O) groups excluding carboxylic acids is 4. The molecule has 0 saturated heterocycles. The van der Waals surface area contributed by atoms with E-state index in [1.165, 1.54) is 57.8 Å². The van der Waals surface area contributed by atoms with Crippen LogP contribution < -0.4 is 0 Å². The van der Waals surface area contributed by atoms with Crippen LogP contribution in [-0.2, 0) is 65.4 Å². The normalized spacial score (nSPS) is 14.7. The molecule has 592 valence electrons. The maximum atomic E-state index is 13.1. The van der Waals surface area contributed by atoms with Gasteiger partial charge in [0, 0.05) is 19.3 Å². The molecule has 19 heteroatoms. The van der Waals surface area contributed by atoms with E-state index in [0.717, 1.165) is 161 Å². The predicted octanol–water partition coefficient (Wildman–Crippen LogP) is 23.2. The number of phosphoric ester groups is 2. The first-order valence-electron chi connectivity index (χ1n) is 39.7. The van der Waals surface area contributed by atoms with Gasteiger partial charge in [-0.3, -0.25) is 37.3 Å². The fraction of sp³-hybridized carbons (Fsp3) is 0.647. The molecule has 0 radical (unpaired) electrons. The zero-order valence-corrected chi connectivity index (χ0v) is 66.4. The van der Waals surface area contributed by atoms with Crippen molar-refractivity contribution < 1.29 is 80.2 Å². The van der Waals surface area contributed by atoms with Gasteiger partial charge in [0.1, 0.15) is 19.3 Å². The van der Waals surface area contributed by atoms with Gasteiger partial charge in [-0.1, -0.05) is 276 Å². The highest BCUT2D eigenvalue weighted by atomic mass is 31.2. The predicted molar refractivity (Wildman–Crippen MR) is 427 cm³/mol. The topological polar surface area (TPSA) is 237 Å². The summed E-state index contributed by atoms with van der Waals surface area (Å²) in [5, 5.41) is 10.6. The van der Waals surface area contributed by atoms with Crippen molar-refractivity contribution in [1.29, 1.82) is 0 Å². The van der Waals surface area contributed by atoms with Crippen LogP contribution in [0.4, 0.5) is 0 Å². The maximum Gasteiger partial charge on any atom is 0.472 e. The van der Waals surface area contributed by atoms with Crippen molar-refractivity contribution in [1.82, 2.24) is 0 Å². The summed E-state index contributed by atoms with van der Waals surface area (Å²) in [4.78, 5) is 72.9. The average molecular weight is 1500 g/mol. The van der Waals surface area contributed by atoms with Crippen LogP contribution in [0.3, 0.4) is 0 Å². The molecule has 0 saturated carbocycles. The number of aliphatic hydroxyl groups is 1. The molecule has 17 nitrogen and oxygen atoms in total. The van der Waals surface area contributed by atoms with Crippen LogP contribution in [0.25, 0.3) is 0 Å². The smallest absolute Gasteiger partial charge is 0.462 e. The summed E-state index contributed by atoms with van der Waals surface area (Å²) in [7, 11) is -10.0. The number of carbonyl (C=O) groups is 4. The molecule has 0 aromatic rings. The lowest BCUT2D eigenvalue weighted by Crippen LogP contribution is -2.30. The van der Waals surface area contributed by atoms with Crippen LogP contribution in [0, 0.1) is 0 Å². The molecule has 5 atom stereocenters. The van der Waals surface area contributed by atoms with E-state index >= 15 is 0 Å². The van der Waals surface area contributed by atoms with Crippen LogP contribution in [0.2, 0.25) is 0 Å². The maximum absolute atomic E-state index is 13.1. The summed E-state index contributed by atoms with van der Waals surface area (Å²) >= 11 is 0. The number of allylic oxidation sites excluding steroid dienone is 25. The number of rotatable bonds is 73. The molecule has 0 fully saturated rings. The van der Waals surface area contributed by atoms with Gasteiger partial charge in [0.15, 0.2) is 12.2 Å². The molecule has 0 aliphatic heterocycles. The van der Waals surface area contributed by atoms with E-state index in [4.69, 9.17) is 37.0 Å². The molecule has 0 aromatic carbocycles. The van der Waals surface area contributed by atoms with Gasteiger partial charge in [0.2, 0.25) is 0 Å². The van der Waals surface area contributed by atoms with Crippen molar-refractivity contribution >= 4 is 39.5 Å². The lowest BCUT2D eigenvalue weighted by molar-refractivity contribution is -0.161. The van der Waals surface area contributed by atoms with E-state index in [-0.39, 0.29) is 25.7 Å². The van der Waals surface area contributed by atoms with Gasteiger partial charge in [-0.15, -0.1) is 0 Å². The van der Waals surface area contributed by atoms with Gasteiger partial charge in [-0.25, -0.2) is 9.13 Å². The molecular formula is C85H140O17P2. The number of hydrogen-bond acceptors (Lipinski definition) is 15. The van der Waals surface area contributed by atoms with Crippen molar-refractivity contribution in [3.63, 3.8) is 0 Å². The third-order valence-corrected chi connectivity index (χ3v) is 17.9. The molecule has 0 aliphatic carbocycles. The molecule has 0 amide bonds. The first-order valence-corrected chi connectivity index (χ1v) is 42.7. The summed E-state index contributed by atoms with van der Waals surface area (Å²) in [6.45, 7) is 4.43. The van der Waals surface area contributed by atoms with Gasteiger partial charge >= 0.3 is 39.5 Å². The molecule has 5 unspecified atom stereocenters. The van der Waals surface area contributed by atoms with E-state index in [2.05, 4.69) is 161 Å². The van der Waals surface area contributed by atoms with Gasteiger partial charge < -0.3 is 33.8 Å². The first-order chi connectivity index (χ1) is 50.7. The summed E-state index contributed by atoms with van der Waals surface area (Å²) < 4.78 is 68.4. The molecular weight excluding hydrogens is 1350 g/mol. The third-order valence-electron chi connectivity index (χ3n) is 16.0. The fourth-order valence-electron chi connectivity index (χ4n) is 9.99. The highest BCUT2D eigenvalue weighted by Crippen LogP contribution is 2.45. The van der Waals surface area contributed by atoms with Crippen LogP contribution >= 0.6 is 15.6 Å². The van der Waals surface area contributed by atoms with Crippen LogP contribution in [0.5, 0.6) is 0 Å². The first kappa shape index (κ1) is 98.7. The Hall–Kier alpha value is -5.32. The highest BCUT2D eigenvalue weighted by Gasteiger charge is 2.30. The summed E-state index contributed by atoms with van der Waals surface area (Å²) in [6.07, 6.45) is 88.2. The zero-order valence-electron chi connectivity index (χ0n) is 64.6. The van der Waals surface area contributed by atoms with Crippen molar-refractivity contribution in [3.05, 3.63) is 158 Å². The van der Waals surface area contributed by atoms with Gasteiger partial charge in [0.05, 0.1) is 32.8 Å². The van der Waals surface area contributed by atoms with E-state index in [0.29, 0.717) is 25.7 Å². The van der Waals surface area contributed by atoms with E-state index < -0.39 is 97.5 Å². The Kier molecular flexibility index (Phi) is 72.0. The number of ether oxygens (including phenoxy) is 4. The SMILES string of the molecule is CC/C=C\C/C=C\C/C=C\C/C=C\C/C=C\CCCCCC(=O)OCC(COP(=O)(O)OCC(O)COP(=O)(O)OCC(COC(=O)C/C=C\C/C=C\C/C=C\C/C=C\C/C=C\CC)OC(=O)CCCCCCC/C=C\C/C=C\CCCCC)OC(=O)CCCCCCC/C=C\CCCCCCCC. The largest absolute Gasteiger partial charge is 0.472 e. The van der Waals surface area contributed by atoms with Crippen LogP contribution in [0.15, 0.2) is 158 Å².